The maximum absolute atomic E-state index is 6.34. The summed E-state index contributed by atoms with van der Waals surface area (Å²) in [6.07, 6.45) is 5.39. The zero-order valence-electron chi connectivity index (χ0n) is 10.4. The first-order valence-corrected chi connectivity index (χ1v) is 7.40. The van der Waals surface area contributed by atoms with Crippen molar-refractivity contribution in [3.8, 4) is 0 Å². The minimum Gasteiger partial charge on any atom is -0.324 e. The average molecular weight is 237 g/mol. The van der Waals surface area contributed by atoms with Gasteiger partial charge in [-0.25, -0.2) is 0 Å². The van der Waals surface area contributed by atoms with Crippen molar-refractivity contribution < 1.29 is 0 Å². The van der Waals surface area contributed by atoms with Gasteiger partial charge < -0.3 is 5.73 Å². The quantitative estimate of drug-likeness (QED) is 0.837. The molecule has 0 amide bonds. The van der Waals surface area contributed by atoms with E-state index in [-0.39, 0.29) is 6.04 Å². The number of thiophene rings is 1. The maximum Gasteiger partial charge on any atom is 0.0331 e. The van der Waals surface area contributed by atoms with Crippen molar-refractivity contribution in [2.45, 2.75) is 45.6 Å². The van der Waals surface area contributed by atoms with Crippen LogP contribution in [-0.2, 0) is 0 Å². The van der Waals surface area contributed by atoms with Crippen LogP contribution < -0.4 is 5.73 Å². The predicted molar refractivity (Wildman–Crippen MR) is 71.5 cm³/mol. The number of nitrogens with two attached hydrogens (primary N) is 1. The van der Waals surface area contributed by atoms with Gasteiger partial charge in [0.25, 0.3) is 0 Å². The molecular formula is C14H23NS. The Labute approximate surface area is 103 Å². The molecule has 1 nitrogen and oxygen atoms in total. The third-order valence-corrected chi connectivity index (χ3v) is 4.90. The summed E-state index contributed by atoms with van der Waals surface area (Å²) in [4.78, 5) is 0. The van der Waals surface area contributed by atoms with Gasteiger partial charge >= 0.3 is 0 Å². The molecule has 1 heterocycles. The van der Waals surface area contributed by atoms with Crippen molar-refractivity contribution in [3.63, 3.8) is 0 Å². The Morgan fingerprint density at radius 3 is 2.31 bits per heavy atom. The van der Waals surface area contributed by atoms with Crippen LogP contribution in [0, 0.1) is 17.8 Å². The van der Waals surface area contributed by atoms with E-state index < -0.39 is 0 Å². The van der Waals surface area contributed by atoms with E-state index >= 15 is 0 Å². The second-order valence-electron chi connectivity index (χ2n) is 5.50. The molecule has 0 saturated heterocycles. The summed E-state index contributed by atoms with van der Waals surface area (Å²) in [5.74, 6) is 2.49. The molecule has 1 aliphatic carbocycles. The fourth-order valence-corrected chi connectivity index (χ4v) is 3.61. The van der Waals surface area contributed by atoms with E-state index in [4.69, 9.17) is 5.73 Å². The van der Waals surface area contributed by atoms with E-state index in [1.807, 2.05) is 0 Å². The summed E-state index contributed by atoms with van der Waals surface area (Å²) in [7, 11) is 0. The van der Waals surface area contributed by atoms with E-state index in [1.54, 1.807) is 11.3 Å². The molecule has 1 aromatic rings. The van der Waals surface area contributed by atoms with Gasteiger partial charge in [0.1, 0.15) is 0 Å². The molecule has 0 spiro atoms. The van der Waals surface area contributed by atoms with Crippen LogP contribution in [0.15, 0.2) is 16.8 Å². The Bertz CT molecular complexity index is 297. The molecule has 1 fully saturated rings. The molecule has 0 aromatic carbocycles. The number of hydrogen-bond donors (Lipinski definition) is 1. The molecule has 16 heavy (non-hydrogen) atoms. The van der Waals surface area contributed by atoms with Gasteiger partial charge in [0, 0.05) is 6.04 Å². The molecule has 1 aromatic heterocycles. The monoisotopic (exact) mass is 237 g/mol. The summed E-state index contributed by atoms with van der Waals surface area (Å²) in [5.41, 5.74) is 7.69. The van der Waals surface area contributed by atoms with Gasteiger partial charge in [0.15, 0.2) is 0 Å². The molecule has 90 valence electrons. The van der Waals surface area contributed by atoms with Crippen molar-refractivity contribution in [1.29, 1.82) is 0 Å². The number of rotatable bonds is 3. The molecule has 1 unspecified atom stereocenters. The van der Waals surface area contributed by atoms with E-state index in [2.05, 4.69) is 30.7 Å². The van der Waals surface area contributed by atoms with Gasteiger partial charge in [-0.3, -0.25) is 0 Å². The minimum atomic E-state index is 0.277. The van der Waals surface area contributed by atoms with E-state index in [1.165, 1.54) is 31.2 Å². The van der Waals surface area contributed by atoms with Crippen molar-refractivity contribution in [2.75, 3.05) is 0 Å². The molecule has 1 aliphatic rings. The van der Waals surface area contributed by atoms with E-state index in [0.29, 0.717) is 5.92 Å². The summed E-state index contributed by atoms with van der Waals surface area (Å²) < 4.78 is 0. The Morgan fingerprint density at radius 2 is 1.81 bits per heavy atom. The summed E-state index contributed by atoms with van der Waals surface area (Å²) >= 11 is 1.76. The maximum atomic E-state index is 6.34. The first kappa shape index (κ1) is 12.1. The molecule has 0 radical (unpaired) electrons. The van der Waals surface area contributed by atoms with Crippen LogP contribution in [0.5, 0.6) is 0 Å². The first-order valence-electron chi connectivity index (χ1n) is 6.46. The second-order valence-corrected chi connectivity index (χ2v) is 6.28. The Morgan fingerprint density at radius 1 is 1.19 bits per heavy atom. The van der Waals surface area contributed by atoms with Crippen LogP contribution in [0.4, 0.5) is 0 Å². The highest BCUT2D eigenvalue weighted by Gasteiger charge is 2.27. The SMILES string of the molecule is CC(C)C1CCC(C(N)c2ccsc2)CC1. The lowest BCUT2D eigenvalue weighted by Crippen LogP contribution is -2.27. The molecule has 2 N–H and O–H groups in total. The van der Waals surface area contributed by atoms with Crippen LogP contribution in [0.2, 0.25) is 0 Å². The molecular weight excluding hydrogens is 214 g/mol. The second kappa shape index (κ2) is 5.33. The van der Waals surface area contributed by atoms with E-state index in [9.17, 15) is 0 Å². The number of hydrogen-bond acceptors (Lipinski definition) is 2. The van der Waals surface area contributed by atoms with Gasteiger partial charge in [-0.2, -0.15) is 11.3 Å². The fraction of sp³-hybridized carbons (Fsp3) is 0.714. The van der Waals surface area contributed by atoms with Gasteiger partial charge in [0.2, 0.25) is 0 Å². The van der Waals surface area contributed by atoms with Crippen molar-refractivity contribution in [1.82, 2.24) is 0 Å². The van der Waals surface area contributed by atoms with Gasteiger partial charge in [-0.1, -0.05) is 13.8 Å². The first-order chi connectivity index (χ1) is 7.68. The fourth-order valence-electron chi connectivity index (χ4n) is 2.91. The minimum absolute atomic E-state index is 0.277. The topological polar surface area (TPSA) is 26.0 Å². The normalized spacial score (nSPS) is 28.2. The van der Waals surface area contributed by atoms with Crippen molar-refractivity contribution in [3.05, 3.63) is 22.4 Å². The van der Waals surface area contributed by atoms with Crippen LogP contribution in [-0.4, -0.2) is 0 Å². The molecule has 1 saturated carbocycles. The zero-order chi connectivity index (χ0) is 11.5. The summed E-state index contributed by atoms with van der Waals surface area (Å²) in [5, 5.41) is 4.34. The molecule has 2 heteroatoms. The zero-order valence-corrected chi connectivity index (χ0v) is 11.2. The van der Waals surface area contributed by atoms with Gasteiger partial charge in [-0.15, -0.1) is 0 Å². The van der Waals surface area contributed by atoms with Crippen LogP contribution in [0.3, 0.4) is 0 Å². The highest BCUT2D eigenvalue weighted by atomic mass is 32.1. The van der Waals surface area contributed by atoms with Gasteiger partial charge in [-0.05, 0) is 65.8 Å². The molecule has 1 atom stereocenters. The summed E-state index contributed by atoms with van der Waals surface area (Å²) in [6.45, 7) is 4.70. The van der Waals surface area contributed by atoms with E-state index in [0.717, 1.165) is 11.8 Å². The third-order valence-electron chi connectivity index (χ3n) is 4.20. The Kier molecular flexibility index (Phi) is 4.04. The smallest absolute Gasteiger partial charge is 0.0331 e. The largest absolute Gasteiger partial charge is 0.324 e. The van der Waals surface area contributed by atoms with Crippen LogP contribution in [0.25, 0.3) is 0 Å². The average Bonchev–Trinajstić information content (AvgIpc) is 2.81. The lowest BCUT2D eigenvalue weighted by atomic mass is 9.74. The van der Waals surface area contributed by atoms with Crippen molar-refractivity contribution >= 4 is 11.3 Å². The Balaban J connectivity index is 1.89. The summed E-state index contributed by atoms with van der Waals surface area (Å²) in [6, 6.07) is 2.46. The standard InChI is InChI=1S/C14H23NS/c1-10(2)11-3-5-12(6-4-11)14(15)13-7-8-16-9-13/h7-12,14H,3-6,15H2,1-2H3. The Hall–Kier alpha value is -0.340. The lowest BCUT2D eigenvalue weighted by Gasteiger charge is -2.33. The van der Waals surface area contributed by atoms with Gasteiger partial charge in [0.05, 0.1) is 0 Å². The predicted octanol–water partition coefficient (Wildman–Crippen LogP) is 4.21. The molecule has 0 bridgehead atoms. The molecule has 2 rings (SSSR count). The van der Waals surface area contributed by atoms with Crippen LogP contribution >= 0.6 is 11.3 Å². The van der Waals surface area contributed by atoms with Crippen LogP contribution in [0.1, 0.15) is 51.1 Å². The highest BCUT2D eigenvalue weighted by molar-refractivity contribution is 7.07. The third kappa shape index (κ3) is 2.67. The van der Waals surface area contributed by atoms with Crippen molar-refractivity contribution in [2.24, 2.45) is 23.5 Å². The molecule has 0 aliphatic heterocycles. The highest BCUT2D eigenvalue weighted by Crippen LogP contribution is 2.38. The lowest BCUT2D eigenvalue weighted by molar-refractivity contribution is 0.204.